The van der Waals surface area contributed by atoms with E-state index in [1.54, 1.807) is 13.8 Å². The molecule has 1 aromatic rings. The van der Waals surface area contributed by atoms with Crippen molar-refractivity contribution in [2.24, 2.45) is 5.41 Å². The zero-order valence-electron chi connectivity index (χ0n) is 11.5. The van der Waals surface area contributed by atoms with Gasteiger partial charge in [-0.25, -0.2) is 4.79 Å². The lowest BCUT2D eigenvalue weighted by Crippen LogP contribution is -2.28. The summed E-state index contributed by atoms with van der Waals surface area (Å²) in [7, 11) is 1.19. The number of rotatable bonds is 4. The molecule has 0 aliphatic heterocycles. The van der Waals surface area contributed by atoms with Crippen LogP contribution in [0, 0.1) is 5.41 Å². The molecule has 5 nitrogen and oxygen atoms in total. The number of ether oxygens (including phenoxy) is 2. The minimum atomic E-state index is -0.754. The predicted octanol–water partition coefficient (Wildman–Crippen LogP) is 2.52. The third kappa shape index (κ3) is 3.24. The Morgan fingerprint density at radius 3 is 2.47 bits per heavy atom. The Kier molecular flexibility index (Phi) is 4.53. The summed E-state index contributed by atoms with van der Waals surface area (Å²) < 4.78 is 9.77. The molecule has 0 unspecified atom stereocenters. The monoisotopic (exact) mass is 266 g/mol. The van der Waals surface area contributed by atoms with Crippen LogP contribution in [0.25, 0.3) is 0 Å². The summed E-state index contributed by atoms with van der Waals surface area (Å²) in [5, 5.41) is 9.67. The Morgan fingerprint density at radius 1 is 1.32 bits per heavy atom. The molecule has 0 aliphatic rings. The van der Waals surface area contributed by atoms with E-state index in [0.717, 1.165) is 0 Å². The number of hydrogen-bond donors (Lipinski definition) is 1. The first kappa shape index (κ1) is 15.0. The van der Waals surface area contributed by atoms with Crippen LogP contribution in [0.3, 0.4) is 0 Å². The number of carbonyl (C=O) groups excluding carboxylic acids is 2. The van der Waals surface area contributed by atoms with Gasteiger partial charge in [-0.15, -0.1) is 0 Å². The highest BCUT2D eigenvalue weighted by Gasteiger charge is 2.29. The van der Waals surface area contributed by atoms with E-state index in [9.17, 15) is 14.7 Å². The Hall–Kier alpha value is -2.04. The fraction of sp³-hybridized carbons (Fsp3) is 0.429. The highest BCUT2D eigenvalue weighted by atomic mass is 16.5. The minimum absolute atomic E-state index is 0.00150. The van der Waals surface area contributed by atoms with Crippen LogP contribution in [0.4, 0.5) is 0 Å². The molecule has 0 heterocycles. The Labute approximate surface area is 112 Å². The summed E-state index contributed by atoms with van der Waals surface area (Å²) in [5.41, 5.74) is -0.816. The van der Waals surface area contributed by atoms with Gasteiger partial charge < -0.3 is 14.6 Å². The maximum atomic E-state index is 12.0. The van der Waals surface area contributed by atoms with E-state index in [1.807, 2.05) is 6.92 Å². The molecular weight excluding hydrogens is 248 g/mol. The molecule has 0 saturated heterocycles. The van der Waals surface area contributed by atoms with E-state index < -0.39 is 17.4 Å². The number of phenols is 1. The van der Waals surface area contributed by atoms with Gasteiger partial charge in [0.05, 0.1) is 12.5 Å². The van der Waals surface area contributed by atoms with Crippen molar-refractivity contribution in [2.75, 3.05) is 7.11 Å². The number of hydrogen-bond acceptors (Lipinski definition) is 5. The van der Waals surface area contributed by atoms with E-state index in [-0.39, 0.29) is 17.1 Å². The van der Waals surface area contributed by atoms with Crippen molar-refractivity contribution in [1.82, 2.24) is 0 Å². The van der Waals surface area contributed by atoms with Gasteiger partial charge in [-0.3, -0.25) is 4.79 Å². The van der Waals surface area contributed by atoms with Gasteiger partial charge in [0.25, 0.3) is 0 Å². The maximum Gasteiger partial charge on any atom is 0.345 e. The standard InChI is InChI=1S/C14H18O5/c1-5-14(2,3)13(17)19-10-8-6-7-9(15)11(10)12(16)18-4/h6-8,15H,5H2,1-4H3. The highest BCUT2D eigenvalue weighted by Crippen LogP contribution is 2.31. The van der Waals surface area contributed by atoms with Crippen LogP contribution in [0.1, 0.15) is 37.6 Å². The van der Waals surface area contributed by atoms with Gasteiger partial charge in [0.2, 0.25) is 0 Å². The molecule has 1 rings (SSSR count). The van der Waals surface area contributed by atoms with Gasteiger partial charge >= 0.3 is 11.9 Å². The fourth-order valence-corrected chi connectivity index (χ4v) is 1.29. The second kappa shape index (κ2) is 5.73. The summed E-state index contributed by atoms with van der Waals surface area (Å²) in [6, 6.07) is 4.26. The first-order valence-electron chi connectivity index (χ1n) is 5.96. The Bertz CT molecular complexity index is 491. The van der Waals surface area contributed by atoms with E-state index in [1.165, 1.54) is 25.3 Å². The van der Waals surface area contributed by atoms with Gasteiger partial charge in [0.1, 0.15) is 17.1 Å². The first-order chi connectivity index (χ1) is 8.83. The summed E-state index contributed by atoms with van der Waals surface area (Å²) in [6.07, 6.45) is 0.595. The maximum absolute atomic E-state index is 12.0. The lowest BCUT2D eigenvalue weighted by Gasteiger charge is -2.21. The fourth-order valence-electron chi connectivity index (χ4n) is 1.29. The molecule has 104 valence electrons. The van der Waals surface area contributed by atoms with Crippen molar-refractivity contribution in [3.8, 4) is 11.5 Å². The van der Waals surface area contributed by atoms with Gasteiger partial charge in [-0.1, -0.05) is 13.0 Å². The van der Waals surface area contributed by atoms with Crippen LogP contribution in [0.5, 0.6) is 11.5 Å². The average molecular weight is 266 g/mol. The van der Waals surface area contributed by atoms with Crippen LogP contribution in [-0.4, -0.2) is 24.2 Å². The SMILES string of the molecule is CCC(C)(C)C(=O)Oc1cccc(O)c1C(=O)OC. The number of benzene rings is 1. The van der Waals surface area contributed by atoms with Gasteiger partial charge in [0, 0.05) is 0 Å². The molecule has 1 aromatic carbocycles. The summed E-state index contributed by atoms with van der Waals surface area (Å²) in [4.78, 5) is 23.6. The van der Waals surface area contributed by atoms with Crippen molar-refractivity contribution in [3.63, 3.8) is 0 Å². The lowest BCUT2D eigenvalue weighted by atomic mass is 9.91. The molecule has 0 aromatic heterocycles. The van der Waals surface area contributed by atoms with Crippen LogP contribution >= 0.6 is 0 Å². The normalized spacial score (nSPS) is 10.9. The van der Waals surface area contributed by atoms with Gasteiger partial charge in [-0.2, -0.15) is 0 Å². The largest absolute Gasteiger partial charge is 0.507 e. The quantitative estimate of drug-likeness (QED) is 0.669. The van der Waals surface area contributed by atoms with Crippen molar-refractivity contribution >= 4 is 11.9 Å². The topological polar surface area (TPSA) is 72.8 Å². The van der Waals surface area contributed by atoms with Crippen LogP contribution < -0.4 is 4.74 Å². The molecule has 5 heteroatoms. The van der Waals surface area contributed by atoms with E-state index in [0.29, 0.717) is 6.42 Å². The zero-order valence-corrected chi connectivity index (χ0v) is 11.5. The zero-order chi connectivity index (χ0) is 14.6. The Morgan fingerprint density at radius 2 is 1.95 bits per heavy atom. The second-order valence-corrected chi connectivity index (χ2v) is 4.77. The molecule has 0 atom stereocenters. The van der Waals surface area contributed by atoms with Crippen molar-refractivity contribution in [2.45, 2.75) is 27.2 Å². The number of methoxy groups -OCH3 is 1. The molecule has 0 radical (unpaired) electrons. The molecule has 0 saturated carbocycles. The second-order valence-electron chi connectivity index (χ2n) is 4.77. The minimum Gasteiger partial charge on any atom is -0.507 e. The smallest absolute Gasteiger partial charge is 0.345 e. The molecule has 0 bridgehead atoms. The number of phenolic OH excluding ortho intramolecular Hbond substituents is 1. The summed E-state index contributed by atoms with van der Waals surface area (Å²) >= 11 is 0. The van der Waals surface area contributed by atoms with Crippen LogP contribution in [-0.2, 0) is 9.53 Å². The molecule has 0 spiro atoms. The third-order valence-corrected chi connectivity index (χ3v) is 3.03. The van der Waals surface area contributed by atoms with Crippen molar-refractivity contribution in [3.05, 3.63) is 23.8 Å². The van der Waals surface area contributed by atoms with E-state index in [4.69, 9.17) is 4.74 Å². The first-order valence-corrected chi connectivity index (χ1v) is 5.96. The molecule has 0 aliphatic carbocycles. The van der Waals surface area contributed by atoms with Crippen molar-refractivity contribution < 1.29 is 24.2 Å². The van der Waals surface area contributed by atoms with E-state index in [2.05, 4.69) is 4.74 Å². The average Bonchev–Trinajstić information content (AvgIpc) is 2.38. The highest BCUT2D eigenvalue weighted by molar-refractivity contribution is 5.96. The molecule has 19 heavy (non-hydrogen) atoms. The lowest BCUT2D eigenvalue weighted by molar-refractivity contribution is -0.144. The molecule has 1 N–H and O–H groups in total. The Balaban J connectivity index is 3.12. The van der Waals surface area contributed by atoms with Crippen LogP contribution in [0.15, 0.2) is 18.2 Å². The number of carbonyl (C=O) groups is 2. The van der Waals surface area contributed by atoms with Gasteiger partial charge in [-0.05, 0) is 32.4 Å². The predicted molar refractivity (Wildman–Crippen MR) is 69.2 cm³/mol. The number of esters is 2. The van der Waals surface area contributed by atoms with Crippen LogP contribution in [0.2, 0.25) is 0 Å². The molecular formula is C14H18O5. The van der Waals surface area contributed by atoms with Crippen molar-refractivity contribution in [1.29, 1.82) is 0 Å². The molecule has 0 fully saturated rings. The van der Waals surface area contributed by atoms with E-state index >= 15 is 0 Å². The summed E-state index contributed by atoms with van der Waals surface area (Å²) in [5.74, 6) is -1.51. The van der Waals surface area contributed by atoms with Gasteiger partial charge in [0.15, 0.2) is 0 Å². The third-order valence-electron chi connectivity index (χ3n) is 3.03. The summed E-state index contributed by atoms with van der Waals surface area (Å²) in [6.45, 7) is 5.36. The molecule has 0 amide bonds. The number of aromatic hydroxyl groups is 1.